The molecule has 1 fully saturated rings. The quantitative estimate of drug-likeness (QED) is 0.453. The van der Waals surface area contributed by atoms with E-state index >= 15 is 0 Å². The van der Waals surface area contributed by atoms with Crippen LogP contribution in [0.15, 0.2) is 0 Å². The van der Waals surface area contributed by atoms with Crippen LogP contribution in [0.2, 0.25) is 0 Å². The fourth-order valence-electron chi connectivity index (χ4n) is 1.14. The lowest BCUT2D eigenvalue weighted by Gasteiger charge is -2.28. The molecule has 0 aromatic heterocycles. The van der Waals surface area contributed by atoms with Crippen molar-refractivity contribution in [2.45, 2.75) is 26.2 Å². The van der Waals surface area contributed by atoms with E-state index in [9.17, 15) is 0 Å². The molecule has 2 nitrogen and oxygen atoms in total. The molecule has 1 aliphatic rings. The summed E-state index contributed by atoms with van der Waals surface area (Å²) >= 11 is 0. The zero-order valence-corrected chi connectivity index (χ0v) is 6.14. The molecule has 0 saturated heterocycles. The molecule has 54 valence electrons. The molecular formula is C7H16N2. The highest BCUT2D eigenvalue weighted by Crippen LogP contribution is 2.26. The van der Waals surface area contributed by atoms with Crippen LogP contribution in [0.5, 0.6) is 0 Å². The average molecular weight is 128 g/mol. The Bertz CT molecular complexity index is 76.2. The van der Waals surface area contributed by atoms with Gasteiger partial charge in [-0.05, 0) is 18.8 Å². The highest BCUT2D eigenvalue weighted by molar-refractivity contribution is 4.71. The fourth-order valence-corrected chi connectivity index (χ4v) is 1.14. The molecule has 0 aromatic carbocycles. The van der Waals surface area contributed by atoms with E-state index in [4.69, 9.17) is 5.84 Å². The number of hydrogen-bond acceptors (Lipinski definition) is 2. The lowest BCUT2D eigenvalue weighted by atomic mass is 9.85. The number of rotatable bonds is 3. The molecular weight excluding hydrogens is 112 g/mol. The van der Waals surface area contributed by atoms with Gasteiger partial charge in [-0.15, -0.1) is 0 Å². The van der Waals surface area contributed by atoms with Crippen molar-refractivity contribution in [3.8, 4) is 0 Å². The van der Waals surface area contributed by atoms with E-state index in [1.165, 1.54) is 19.3 Å². The van der Waals surface area contributed by atoms with Gasteiger partial charge in [0, 0.05) is 13.1 Å². The lowest BCUT2D eigenvalue weighted by molar-refractivity contribution is 0.187. The van der Waals surface area contributed by atoms with Gasteiger partial charge in [0.15, 0.2) is 0 Å². The fraction of sp³-hybridized carbons (Fsp3) is 1.00. The van der Waals surface area contributed by atoms with Crippen molar-refractivity contribution in [1.29, 1.82) is 0 Å². The van der Waals surface area contributed by atoms with Gasteiger partial charge in [-0.2, -0.15) is 0 Å². The molecule has 0 heterocycles. The molecule has 2 heteroatoms. The first-order chi connectivity index (χ1) is 4.33. The Hall–Kier alpha value is -0.0800. The van der Waals surface area contributed by atoms with E-state index in [2.05, 4.69) is 6.92 Å². The Kier molecular flexibility index (Phi) is 2.49. The smallest absolute Gasteiger partial charge is 0.0156 e. The monoisotopic (exact) mass is 128 g/mol. The second-order valence-electron chi connectivity index (χ2n) is 2.88. The first kappa shape index (κ1) is 7.03. The van der Waals surface area contributed by atoms with E-state index in [1.54, 1.807) is 0 Å². The van der Waals surface area contributed by atoms with Crippen LogP contribution in [0, 0.1) is 5.92 Å². The first-order valence-electron chi connectivity index (χ1n) is 3.82. The maximum Gasteiger partial charge on any atom is 0.0156 e. The van der Waals surface area contributed by atoms with Crippen molar-refractivity contribution >= 4 is 0 Å². The third-order valence-corrected chi connectivity index (χ3v) is 2.12. The third kappa shape index (κ3) is 1.95. The molecule has 0 radical (unpaired) electrons. The van der Waals surface area contributed by atoms with Gasteiger partial charge in [0.2, 0.25) is 0 Å². The van der Waals surface area contributed by atoms with Crippen LogP contribution in [0.3, 0.4) is 0 Å². The first-order valence-corrected chi connectivity index (χ1v) is 3.82. The summed E-state index contributed by atoms with van der Waals surface area (Å²) in [4.78, 5) is 0. The minimum atomic E-state index is 0.912. The van der Waals surface area contributed by atoms with Crippen LogP contribution >= 0.6 is 0 Å². The second-order valence-corrected chi connectivity index (χ2v) is 2.88. The van der Waals surface area contributed by atoms with Gasteiger partial charge < -0.3 is 0 Å². The van der Waals surface area contributed by atoms with Gasteiger partial charge in [0.1, 0.15) is 0 Å². The molecule has 0 atom stereocenters. The minimum absolute atomic E-state index is 0.912. The molecule has 0 unspecified atom stereocenters. The Morgan fingerprint density at radius 2 is 2.22 bits per heavy atom. The van der Waals surface area contributed by atoms with Gasteiger partial charge in [-0.1, -0.05) is 13.3 Å². The van der Waals surface area contributed by atoms with Crippen LogP contribution in [0.25, 0.3) is 0 Å². The molecule has 9 heavy (non-hydrogen) atoms. The van der Waals surface area contributed by atoms with Crippen molar-refractivity contribution in [2.75, 3.05) is 13.1 Å². The average Bonchev–Trinajstić information content (AvgIpc) is 1.78. The number of nitrogens with zero attached hydrogens (tertiary/aromatic N) is 1. The van der Waals surface area contributed by atoms with Crippen LogP contribution in [0.1, 0.15) is 26.2 Å². The SMILES string of the molecule is CCN(N)CC1CCC1. The van der Waals surface area contributed by atoms with Crippen molar-refractivity contribution in [3.05, 3.63) is 0 Å². The molecule has 0 spiro atoms. The summed E-state index contributed by atoms with van der Waals surface area (Å²) in [6.07, 6.45) is 4.21. The Balaban J connectivity index is 2.01. The highest BCUT2D eigenvalue weighted by atomic mass is 15.4. The zero-order valence-electron chi connectivity index (χ0n) is 6.14. The van der Waals surface area contributed by atoms with E-state index in [1.807, 2.05) is 5.01 Å². The predicted molar refractivity (Wildman–Crippen MR) is 38.8 cm³/mol. The Labute approximate surface area is 57.0 Å². The third-order valence-electron chi connectivity index (χ3n) is 2.12. The second kappa shape index (κ2) is 3.18. The summed E-state index contributed by atoms with van der Waals surface area (Å²) in [6.45, 7) is 4.19. The highest BCUT2D eigenvalue weighted by Gasteiger charge is 2.18. The zero-order chi connectivity index (χ0) is 6.69. The largest absolute Gasteiger partial charge is 0.269 e. The standard InChI is InChI=1S/C7H16N2/c1-2-9(8)6-7-4-3-5-7/h7H,2-6,8H2,1H3. The molecule has 0 aliphatic heterocycles. The summed E-state index contributed by atoms with van der Waals surface area (Å²) in [5.74, 6) is 6.53. The molecule has 0 amide bonds. The van der Waals surface area contributed by atoms with E-state index in [-0.39, 0.29) is 0 Å². The van der Waals surface area contributed by atoms with Crippen molar-refractivity contribution in [3.63, 3.8) is 0 Å². The van der Waals surface area contributed by atoms with E-state index in [0.29, 0.717) is 0 Å². The van der Waals surface area contributed by atoms with Crippen molar-refractivity contribution < 1.29 is 0 Å². The van der Waals surface area contributed by atoms with E-state index in [0.717, 1.165) is 19.0 Å². The minimum Gasteiger partial charge on any atom is -0.269 e. The molecule has 1 aliphatic carbocycles. The van der Waals surface area contributed by atoms with Gasteiger partial charge in [-0.25, -0.2) is 5.01 Å². The van der Waals surface area contributed by atoms with Crippen LogP contribution < -0.4 is 5.84 Å². The normalized spacial score (nSPS) is 20.3. The van der Waals surface area contributed by atoms with Gasteiger partial charge >= 0.3 is 0 Å². The van der Waals surface area contributed by atoms with Gasteiger partial charge in [0.25, 0.3) is 0 Å². The van der Waals surface area contributed by atoms with Crippen LogP contribution in [0.4, 0.5) is 0 Å². The Morgan fingerprint density at radius 3 is 2.56 bits per heavy atom. The molecule has 1 saturated carbocycles. The summed E-state index contributed by atoms with van der Waals surface area (Å²) in [5, 5.41) is 1.91. The Morgan fingerprint density at radius 1 is 1.56 bits per heavy atom. The molecule has 2 N–H and O–H groups in total. The van der Waals surface area contributed by atoms with Crippen LogP contribution in [-0.4, -0.2) is 18.1 Å². The van der Waals surface area contributed by atoms with E-state index < -0.39 is 0 Å². The van der Waals surface area contributed by atoms with Crippen LogP contribution in [-0.2, 0) is 0 Å². The summed E-state index contributed by atoms with van der Waals surface area (Å²) < 4.78 is 0. The number of hydrogen-bond donors (Lipinski definition) is 1. The lowest BCUT2D eigenvalue weighted by Crippen LogP contribution is -2.37. The number of hydrazine groups is 1. The predicted octanol–water partition coefficient (Wildman–Crippen LogP) is 0.982. The van der Waals surface area contributed by atoms with Crippen molar-refractivity contribution in [2.24, 2.45) is 11.8 Å². The van der Waals surface area contributed by atoms with Gasteiger partial charge in [-0.3, -0.25) is 5.84 Å². The molecule has 0 aromatic rings. The maximum atomic E-state index is 5.62. The summed E-state index contributed by atoms with van der Waals surface area (Å²) in [6, 6.07) is 0. The maximum absolute atomic E-state index is 5.62. The molecule has 0 bridgehead atoms. The topological polar surface area (TPSA) is 29.3 Å². The summed E-state index contributed by atoms with van der Waals surface area (Å²) in [5.41, 5.74) is 0. The number of nitrogens with two attached hydrogens (primary N) is 1. The molecule has 1 rings (SSSR count). The summed E-state index contributed by atoms with van der Waals surface area (Å²) in [7, 11) is 0. The van der Waals surface area contributed by atoms with Crippen molar-refractivity contribution in [1.82, 2.24) is 5.01 Å². The van der Waals surface area contributed by atoms with Gasteiger partial charge in [0.05, 0.1) is 0 Å².